The molecule has 11 nitrogen and oxygen atoms in total. The summed E-state index contributed by atoms with van der Waals surface area (Å²) in [6, 6.07) is 7.09. The largest absolute Gasteiger partial charge is 0.360 e. The van der Waals surface area contributed by atoms with Crippen molar-refractivity contribution in [1.82, 2.24) is 14.4 Å². The Hall–Kier alpha value is -3.25. The van der Waals surface area contributed by atoms with Crippen LogP contribution < -0.4 is 10.6 Å². The third-order valence-electron chi connectivity index (χ3n) is 3.94. The van der Waals surface area contributed by atoms with Gasteiger partial charge in [0.15, 0.2) is 5.82 Å². The molecule has 2 N–H and O–H groups in total. The van der Waals surface area contributed by atoms with Gasteiger partial charge in [0.25, 0.3) is 0 Å². The van der Waals surface area contributed by atoms with Gasteiger partial charge >= 0.3 is 0 Å². The lowest BCUT2D eigenvalue weighted by Gasteiger charge is -2.21. The number of nitrogens with zero attached hydrogens (tertiary/aromatic N) is 3. The van der Waals surface area contributed by atoms with Gasteiger partial charge in [0.05, 0.1) is 18.0 Å². The van der Waals surface area contributed by atoms with Gasteiger partial charge in [-0.25, -0.2) is 8.42 Å². The molecule has 1 aromatic carbocycles. The highest BCUT2D eigenvalue weighted by molar-refractivity contribution is 7.89. The quantitative estimate of drug-likeness (QED) is 0.618. The average Bonchev–Trinajstić information content (AvgIpc) is 3.05. The number of aryl methyl sites for hydroxylation is 1. The molecule has 162 valence electrons. The Morgan fingerprint density at radius 3 is 2.23 bits per heavy atom. The molecule has 0 bridgehead atoms. The van der Waals surface area contributed by atoms with Crippen LogP contribution in [0.5, 0.6) is 0 Å². The second-order valence-corrected chi connectivity index (χ2v) is 8.63. The van der Waals surface area contributed by atoms with Crippen LogP contribution >= 0.6 is 0 Å². The van der Waals surface area contributed by atoms with Crippen LogP contribution in [0.15, 0.2) is 39.8 Å². The number of nitrogens with one attached hydrogen (secondary N) is 2. The predicted molar refractivity (Wildman–Crippen MR) is 108 cm³/mol. The summed E-state index contributed by atoms with van der Waals surface area (Å²) in [4.78, 5) is 36.5. The molecule has 1 aromatic heterocycles. The zero-order valence-electron chi connectivity index (χ0n) is 17.0. The summed E-state index contributed by atoms with van der Waals surface area (Å²) in [6.07, 6.45) is 0. The molecule has 0 saturated carbocycles. The van der Waals surface area contributed by atoms with Crippen LogP contribution in [0.4, 0.5) is 11.5 Å². The molecule has 0 saturated heterocycles. The van der Waals surface area contributed by atoms with E-state index < -0.39 is 28.4 Å². The van der Waals surface area contributed by atoms with Gasteiger partial charge in [-0.15, -0.1) is 0 Å². The van der Waals surface area contributed by atoms with Gasteiger partial charge in [-0.05, 0) is 31.2 Å². The zero-order valence-corrected chi connectivity index (χ0v) is 17.8. The van der Waals surface area contributed by atoms with Crippen LogP contribution in [0.2, 0.25) is 0 Å². The van der Waals surface area contributed by atoms with Crippen molar-refractivity contribution < 1.29 is 27.3 Å². The first-order valence-corrected chi connectivity index (χ1v) is 10.2. The van der Waals surface area contributed by atoms with Crippen molar-refractivity contribution in [2.24, 2.45) is 0 Å². The average molecular weight is 437 g/mol. The Kier molecular flexibility index (Phi) is 7.29. The van der Waals surface area contributed by atoms with Crippen LogP contribution in [0.25, 0.3) is 0 Å². The number of rotatable bonds is 8. The lowest BCUT2D eigenvalue weighted by molar-refractivity contribution is -0.133. The number of aromatic nitrogens is 1. The smallest absolute Gasteiger partial charge is 0.245 e. The van der Waals surface area contributed by atoms with E-state index in [0.717, 1.165) is 9.21 Å². The normalized spacial score (nSPS) is 11.2. The SMILES string of the molecule is CC(=O)Nc1ccc(S(=O)(=O)N(C)CC(=O)N(C)CC(=O)Nc2cc(C)on2)cc1. The fraction of sp³-hybridized carbons (Fsp3) is 0.333. The Morgan fingerprint density at radius 1 is 1.07 bits per heavy atom. The topological polar surface area (TPSA) is 142 Å². The fourth-order valence-electron chi connectivity index (χ4n) is 2.40. The fourth-order valence-corrected chi connectivity index (χ4v) is 3.52. The van der Waals surface area contributed by atoms with Gasteiger partial charge in [-0.1, -0.05) is 5.16 Å². The maximum absolute atomic E-state index is 12.7. The summed E-state index contributed by atoms with van der Waals surface area (Å²) >= 11 is 0. The minimum Gasteiger partial charge on any atom is -0.360 e. The van der Waals surface area contributed by atoms with Crippen molar-refractivity contribution >= 4 is 39.3 Å². The molecule has 30 heavy (non-hydrogen) atoms. The number of anilines is 2. The molecule has 0 radical (unpaired) electrons. The molecule has 3 amide bonds. The standard InChI is InChI=1S/C18H23N5O6S/c1-12-9-16(21-29-12)20-17(25)10-22(3)18(26)11-23(4)30(27,28)15-7-5-14(6-8-15)19-13(2)24/h5-9H,10-11H2,1-4H3,(H,19,24)(H,20,21,25). The van der Waals surface area contributed by atoms with Crippen molar-refractivity contribution in [1.29, 1.82) is 0 Å². The van der Waals surface area contributed by atoms with E-state index in [1.54, 1.807) is 6.92 Å². The summed E-state index contributed by atoms with van der Waals surface area (Å²) in [5.74, 6) is -0.604. The maximum Gasteiger partial charge on any atom is 0.245 e. The molecular formula is C18H23N5O6S. The highest BCUT2D eigenvalue weighted by atomic mass is 32.2. The predicted octanol–water partition coefficient (Wildman–Crippen LogP) is 0.659. The Labute approximate surface area is 174 Å². The number of sulfonamides is 1. The number of likely N-dealkylation sites (N-methyl/N-ethyl adjacent to an activating group) is 2. The van der Waals surface area contributed by atoms with E-state index in [-0.39, 0.29) is 23.2 Å². The molecule has 0 aliphatic heterocycles. The second-order valence-electron chi connectivity index (χ2n) is 6.59. The molecule has 12 heteroatoms. The number of amides is 3. The Balaban J connectivity index is 1.95. The monoisotopic (exact) mass is 437 g/mol. The van der Waals surface area contributed by atoms with Gasteiger partial charge in [0.2, 0.25) is 27.7 Å². The van der Waals surface area contributed by atoms with Crippen molar-refractivity contribution in [3.63, 3.8) is 0 Å². The van der Waals surface area contributed by atoms with Crippen molar-refractivity contribution in [3.8, 4) is 0 Å². The van der Waals surface area contributed by atoms with Crippen LogP contribution in [0, 0.1) is 6.92 Å². The number of benzene rings is 1. The van der Waals surface area contributed by atoms with Crippen LogP contribution in [0.1, 0.15) is 12.7 Å². The van der Waals surface area contributed by atoms with Crippen molar-refractivity contribution in [2.45, 2.75) is 18.7 Å². The number of carbonyl (C=O) groups is 3. The van der Waals surface area contributed by atoms with E-state index in [0.29, 0.717) is 11.4 Å². The van der Waals surface area contributed by atoms with E-state index in [1.807, 2.05) is 0 Å². The van der Waals surface area contributed by atoms with Gasteiger partial charge in [-0.2, -0.15) is 4.31 Å². The second kappa shape index (κ2) is 9.50. The molecule has 0 spiro atoms. The van der Waals surface area contributed by atoms with Crippen LogP contribution in [0.3, 0.4) is 0 Å². The summed E-state index contributed by atoms with van der Waals surface area (Å²) in [7, 11) is -1.28. The van der Waals surface area contributed by atoms with Gasteiger partial charge in [0.1, 0.15) is 5.76 Å². The van der Waals surface area contributed by atoms with Gasteiger partial charge in [-0.3, -0.25) is 14.4 Å². The highest BCUT2D eigenvalue weighted by Gasteiger charge is 2.25. The van der Waals surface area contributed by atoms with Gasteiger partial charge < -0.3 is 20.1 Å². The number of carbonyl (C=O) groups excluding carboxylic acids is 3. The number of hydrogen-bond acceptors (Lipinski definition) is 7. The Morgan fingerprint density at radius 2 is 1.70 bits per heavy atom. The van der Waals surface area contributed by atoms with E-state index >= 15 is 0 Å². The minimum absolute atomic E-state index is 0.0336. The molecule has 1 heterocycles. The highest BCUT2D eigenvalue weighted by Crippen LogP contribution is 2.17. The maximum atomic E-state index is 12.7. The first-order chi connectivity index (χ1) is 14.0. The summed E-state index contributed by atoms with van der Waals surface area (Å²) in [5.41, 5.74) is 0.452. The van der Waals surface area contributed by atoms with E-state index in [9.17, 15) is 22.8 Å². The van der Waals surface area contributed by atoms with Crippen molar-refractivity contribution in [2.75, 3.05) is 37.8 Å². The lowest BCUT2D eigenvalue weighted by Crippen LogP contribution is -2.42. The third kappa shape index (κ3) is 6.12. The van der Waals surface area contributed by atoms with Crippen LogP contribution in [-0.4, -0.2) is 67.7 Å². The van der Waals surface area contributed by atoms with Crippen LogP contribution in [-0.2, 0) is 24.4 Å². The molecule has 2 rings (SSSR count). The molecule has 0 aliphatic carbocycles. The Bertz CT molecular complexity index is 1030. The molecule has 2 aromatic rings. The molecule has 0 unspecified atom stereocenters. The van der Waals surface area contributed by atoms with E-state index in [2.05, 4.69) is 15.8 Å². The first-order valence-electron chi connectivity index (χ1n) is 8.80. The molecular weight excluding hydrogens is 414 g/mol. The summed E-state index contributed by atoms with van der Waals surface area (Å²) in [6.45, 7) is 2.27. The first kappa shape index (κ1) is 23.0. The number of hydrogen-bond donors (Lipinski definition) is 2. The third-order valence-corrected chi connectivity index (χ3v) is 5.76. The van der Waals surface area contributed by atoms with E-state index in [4.69, 9.17) is 4.52 Å². The molecule has 0 aliphatic rings. The minimum atomic E-state index is -3.94. The van der Waals surface area contributed by atoms with E-state index in [1.165, 1.54) is 51.4 Å². The van der Waals surface area contributed by atoms with Gasteiger partial charge in [0, 0.05) is 32.8 Å². The molecule has 0 atom stereocenters. The molecule has 0 fully saturated rings. The zero-order chi connectivity index (χ0) is 22.5. The summed E-state index contributed by atoms with van der Waals surface area (Å²) < 4.78 is 31.0. The summed E-state index contributed by atoms with van der Waals surface area (Å²) in [5, 5.41) is 8.64. The lowest BCUT2D eigenvalue weighted by atomic mass is 10.3. The van der Waals surface area contributed by atoms with Crippen molar-refractivity contribution in [3.05, 3.63) is 36.1 Å².